The normalized spacial score (nSPS) is 16.3. The van der Waals surface area contributed by atoms with Crippen LogP contribution in [0.4, 0.5) is 13.2 Å². The van der Waals surface area contributed by atoms with Gasteiger partial charge in [0.15, 0.2) is 11.4 Å². The second-order valence-electron chi connectivity index (χ2n) is 9.03. The topological polar surface area (TPSA) is 67.6 Å². The number of hydrogen-bond acceptors (Lipinski definition) is 4. The molecular weight excluding hydrogens is 469 g/mol. The molecule has 2 aromatic carbocycles. The van der Waals surface area contributed by atoms with Crippen molar-refractivity contribution in [3.63, 3.8) is 0 Å². The maximum Gasteiger partial charge on any atom is 0.417 e. The van der Waals surface area contributed by atoms with Crippen molar-refractivity contribution in [1.82, 2.24) is 19.5 Å². The lowest BCUT2D eigenvalue weighted by Crippen LogP contribution is -2.40. The first-order chi connectivity index (χ1) is 17.2. The Morgan fingerprint density at radius 1 is 0.944 bits per heavy atom. The summed E-state index contributed by atoms with van der Waals surface area (Å²) in [5.74, 6) is -0.435. The minimum Gasteiger partial charge on any atom is -0.338 e. The molecule has 1 atom stereocenters. The number of aromatic nitrogens is 3. The maximum absolute atomic E-state index is 13.6. The Balaban J connectivity index is 1.42. The van der Waals surface area contributed by atoms with E-state index in [1.165, 1.54) is 10.5 Å². The highest BCUT2D eigenvalue weighted by molar-refractivity contribution is 6.15. The number of fused-ring (bicyclic) bond motifs is 1. The van der Waals surface area contributed by atoms with Crippen LogP contribution in [-0.4, -0.2) is 44.3 Å². The number of nitrogens with zero attached hydrogens (tertiary/aromatic N) is 4. The lowest BCUT2D eigenvalue weighted by Gasteiger charge is -2.32. The van der Waals surface area contributed by atoms with E-state index < -0.39 is 11.7 Å². The van der Waals surface area contributed by atoms with E-state index in [0.717, 1.165) is 17.8 Å². The fraction of sp³-hybridized carbons (Fsp3) is 0.259. The summed E-state index contributed by atoms with van der Waals surface area (Å²) in [5, 5.41) is 8.17. The largest absolute Gasteiger partial charge is 0.417 e. The van der Waals surface area contributed by atoms with Crippen LogP contribution in [0.15, 0.2) is 66.9 Å². The summed E-state index contributed by atoms with van der Waals surface area (Å²) >= 11 is 0. The number of amides is 1. The number of pyridine rings is 1. The van der Waals surface area contributed by atoms with Gasteiger partial charge in [-0.1, -0.05) is 48.0 Å². The van der Waals surface area contributed by atoms with Crippen molar-refractivity contribution >= 4 is 17.3 Å². The average Bonchev–Trinajstić information content (AvgIpc) is 3.31. The summed E-state index contributed by atoms with van der Waals surface area (Å²) in [6.07, 6.45) is -2.18. The summed E-state index contributed by atoms with van der Waals surface area (Å²) in [4.78, 5) is 28.4. The van der Waals surface area contributed by atoms with Crippen LogP contribution in [-0.2, 0) is 6.18 Å². The van der Waals surface area contributed by atoms with Crippen LogP contribution < -0.4 is 0 Å². The molecular formula is C27H23F3N4O2. The van der Waals surface area contributed by atoms with Gasteiger partial charge >= 0.3 is 6.18 Å². The number of hydrogen-bond donors (Lipinski definition) is 0. The van der Waals surface area contributed by atoms with E-state index in [9.17, 15) is 22.8 Å². The number of aryl methyl sites for hydroxylation is 1. The second kappa shape index (κ2) is 9.22. The molecule has 1 unspecified atom stereocenters. The highest BCUT2D eigenvalue weighted by atomic mass is 19.4. The Bertz CT molecular complexity index is 1440. The zero-order valence-electron chi connectivity index (χ0n) is 19.5. The molecule has 1 fully saturated rings. The molecule has 0 spiro atoms. The SMILES string of the molecule is Cc1ccc(C(=O)c2ccccc2C(=O)N2CCCC(c3nnc4ccc(C(F)(F)F)cn34)C2)cc1. The third-order valence-corrected chi connectivity index (χ3v) is 6.55. The van der Waals surface area contributed by atoms with Crippen LogP contribution in [0.3, 0.4) is 0 Å². The van der Waals surface area contributed by atoms with E-state index in [4.69, 9.17) is 0 Å². The van der Waals surface area contributed by atoms with Crippen molar-refractivity contribution in [2.45, 2.75) is 31.9 Å². The van der Waals surface area contributed by atoms with Crippen molar-refractivity contribution in [2.75, 3.05) is 13.1 Å². The standard InChI is InChI=1S/C27H23F3N4O2/c1-17-8-10-18(11-9-17)24(35)21-6-2-3-7-22(21)26(36)33-14-4-5-19(15-33)25-32-31-23-13-12-20(16-34(23)25)27(28,29)30/h2-3,6-13,16,19H,4-5,14-15H2,1H3. The van der Waals surface area contributed by atoms with Gasteiger partial charge in [0, 0.05) is 36.3 Å². The monoisotopic (exact) mass is 492 g/mol. The predicted molar refractivity (Wildman–Crippen MR) is 127 cm³/mol. The van der Waals surface area contributed by atoms with E-state index in [0.29, 0.717) is 47.5 Å². The number of ketones is 1. The van der Waals surface area contributed by atoms with Gasteiger partial charge in [0.25, 0.3) is 5.91 Å². The van der Waals surface area contributed by atoms with Crippen molar-refractivity contribution < 1.29 is 22.8 Å². The van der Waals surface area contributed by atoms with Gasteiger partial charge in [-0.25, -0.2) is 0 Å². The Morgan fingerprint density at radius 2 is 1.67 bits per heavy atom. The molecule has 1 aliphatic rings. The van der Waals surface area contributed by atoms with Crippen molar-refractivity contribution in [3.05, 3.63) is 101 Å². The summed E-state index contributed by atoms with van der Waals surface area (Å²) in [7, 11) is 0. The lowest BCUT2D eigenvalue weighted by molar-refractivity contribution is -0.137. The third-order valence-electron chi connectivity index (χ3n) is 6.55. The van der Waals surface area contributed by atoms with Gasteiger partial charge in [-0.3, -0.25) is 14.0 Å². The number of alkyl halides is 3. The van der Waals surface area contributed by atoms with E-state index in [2.05, 4.69) is 10.2 Å². The van der Waals surface area contributed by atoms with Gasteiger partial charge in [0.05, 0.1) is 11.1 Å². The maximum atomic E-state index is 13.6. The summed E-state index contributed by atoms with van der Waals surface area (Å²) in [6, 6.07) is 16.1. The van der Waals surface area contributed by atoms with Crippen LogP contribution >= 0.6 is 0 Å². The molecule has 1 saturated heterocycles. The second-order valence-corrected chi connectivity index (χ2v) is 9.03. The average molecular weight is 493 g/mol. The third kappa shape index (κ3) is 4.48. The van der Waals surface area contributed by atoms with Crippen molar-refractivity contribution in [1.29, 1.82) is 0 Å². The molecule has 0 saturated carbocycles. The zero-order chi connectivity index (χ0) is 25.4. The van der Waals surface area contributed by atoms with Crippen LogP contribution in [0.1, 0.15) is 62.0 Å². The molecule has 184 valence electrons. The van der Waals surface area contributed by atoms with E-state index in [1.807, 2.05) is 19.1 Å². The first-order valence-electron chi connectivity index (χ1n) is 11.6. The number of carbonyl (C=O) groups is 2. The fourth-order valence-electron chi connectivity index (χ4n) is 4.63. The van der Waals surface area contributed by atoms with Gasteiger partial charge in [0.2, 0.25) is 0 Å². The molecule has 6 nitrogen and oxygen atoms in total. The van der Waals surface area contributed by atoms with Crippen LogP contribution in [0, 0.1) is 6.92 Å². The lowest BCUT2D eigenvalue weighted by atomic mass is 9.94. The highest BCUT2D eigenvalue weighted by Crippen LogP contribution is 2.32. The number of piperidine rings is 1. The molecule has 1 aliphatic heterocycles. The first-order valence-corrected chi connectivity index (χ1v) is 11.6. The number of halogens is 3. The highest BCUT2D eigenvalue weighted by Gasteiger charge is 2.33. The molecule has 1 amide bonds. The molecule has 9 heteroatoms. The first kappa shape index (κ1) is 23.7. The Labute approximate surface area is 205 Å². The molecule has 36 heavy (non-hydrogen) atoms. The summed E-state index contributed by atoms with van der Waals surface area (Å²) in [5.41, 5.74) is 1.66. The smallest absolute Gasteiger partial charge is 0.338 e. The Hall–Kier alpha value is -4.01. The zero-order valence-corrected chi connectivity index (χ0v) is 19.5. The fourth-order valence-corrected chi connectivity index (χ4v) is 4.63. The number of rotatable bonds is 4. The van der Waals surface area contributed by atoms with E-state index in [-0.39, 0.29) is 24.2 Å². The van der Waals surface area contributed by atoms with Crippen LogP contribution in [0.5, 0.6) is 0 Å². The number of carbonyl (C=O) groups excluding carboxylic acids is 2. The molecule has 4 aromatic rings. The quantitative estimate of drug-likeness (QED) is 0.362. The molecule has 3 heterocycles. The van der Waals surface area contributed by atoms with Gasteiger partial charge in [0.1, 0.15) is 5.82 Å². The van der Waals surface area contributed by atoms with Crippen LogP contribution in [0.25, 0.3) is 5.65 Å². The number of benzene rings is 2. The van der Waals surface area contributed by atoms with Crippen molar-refractivity contribution in [3.8, 4) is 0 Å². The summed E-state index contributed by atoms with van der Waals surface area (Å²) in [6.45, 7) is 2.68. The molecule has 0 bridgehead atoms. The van der Waals surface area contributed by atoms with Gasteiger partial charge in [-0.15, -0.1) is 10.2 Å². The Kier molecular flexibility index (Phi) is 6.07. The van der Waals surface area contributed by atoms with Crippen LogP contribution in [0.2, 0.25) is 0 Å². The Morgan fingerprint density at radius 3 is 2.39 bits per heavy atom. The summed E-state index contributed by atoms with van der Waals surface area (Å²) < 4.78 is 41.1. The van der Waals surface area contributed by atoms with E-state index >= 15 is 0 Å². The minimum atomic E-state index is -4.49. The molecule has 2 aromatic heterocycles. The minimum absolute atomic E-state index is 0.240. The number of likely N-dealkylation sites (tertiary alicyclic amines) is 1. The molecule has 0 aliphatic carbocycles. The van der Waals surface area contributed by atoms with Gasteiger partial charge in [-0.05, 0) is 38.0 Å². The van der Waals surface area contributed by atoms with Gasteiger partial charge < -0.3 is 4.90 Å². The van der Waals surface area contributed by atoms with Crippen molar-refractivity contribution in [2.24, 2.45) is 0 Å². The molecule has 0 radical (unpaired) electrons. The molecule has 5 rings (SSSR count). The van der Waals surface area contributed by atoms with Gasteiger partial charge in [-0.2, -0.15) is 13.2 Å². The van der Waals surface area contributed by atoms with E-state index in [1.54, 1.807) is 41.3 Å². The predicted octanol–water partition coefficient (Wildman–Crippen LogP) is 5.31. The molecule has 0 N–H and O–H groups in total.